The van der Waals surface area contributed by atoms with Gasteiger partial charge in [-0.05, 0) is 39.4 Å². The molecule has 1 saturated heterocycles. The molecule has 0 amide bonds. The van der Waals surface area contributed by atoms with E-state index in [-0.39, 0.29) is 0 Å². The highest BCUT2D eigenvalue weighted by Gasteiger charge is 2.19. The maximum absolute atomic E-state index is 5.05. The number of hydrogen-bond acceptors (Lipinski definition) is 3. The third-order valence-corrected chi connectivity index (χ3v) is 2.71. The Hall–Kier alpha value is -0.970. The Morgan fingerprint density at radius 3 is 2.79 bits per heavy atom. The zero-order valence-electron chi connectivity index (χ0n) is 8.98. The molecule has 1 fully saturated rings. The zero-order chi connectivity index (χ0) is 10.4. The van der Waals surface area contributed by atoms with Gasteiger partial charge in [-0.3, -0.25) is 4.99 Å². The van der Waals surface area contributed by atoms with Crippen LogP contribution in [0.2, 0.25) is 0 Å². The maximum atomic E-state index is 5.05. The van der Waals surface area contributed by atoms with E-state index in [2.05, 4.69) is 27.3 Å². The van der Waals surface area contributed by atoms with Gasteiger partial charge in [0.2, 0.25) is 0 Å². The van der Waals surface area contributed by atoms with Gasteiger partial charge in [-0.25, -0.2) is 0 Å². The summed E-state index contributed by atoms with van der Waals surface area (Å²) in [6, 6.07) is 0. The summed E-state index contributed by atoms with van der Waals surface area (Å²) in [7, 11) is 3.90. The molecule has 5 heteroatoms. The molecule has 0 spiro atoms. The second-order valence-electron chi connectivity index (χ2n) is 3.73. The van der Waals surface area contributed by atoms with Crippen LogP contribution in [0.4, 0.5) is 0 Å². The Kier molecular flexibility index (Phi) is 4.52. The summed E-state index contributed by atoms with van der Waals surface area (Å²) >= 11 is 0. The van der Waals surface area contributed by atoms with E-state index in [0.29, 0.717) is 5.92 Å². The summed E-state index contributed by atoms with van der Waals surface area (Å²) in [6.07, 6.45) is 3.43. The Labute approximate surface area is 85.1 Å². The van der Waals surface area contributed by atoms with Crippen LogP contribution >= 0.6 is 0 Å². The van der Waals surface area contributed by atoms with Gasteiger partial charge >= 0.3 is 0 Å². The fraction of sp³-hybridized carbons (Fsp3) is 0.889. The summed E-state index contributed by atoms with van der Waals surface area (Å²) in [5.74, 6) is 6.27. The molecular weight excluding hydrogens is 178 g/mol. The van der Waals surface area contributed by atoms with Gasteiger partial charge in [0.25, 0.3) is 0 Å². The topological polar surface area (TPSA) is 66.3 Å². The number of amidine groups is 1. The van der Waals surface area contributed by atoms with Crippen LogP contribution in [0.3, 0.4) is 0 Å². The van der Waals surface area contributed by atoms with E-state index in [0.717, 1.165) is 31.8 Å². The van der Waals surface area contributed by atoms with E-state index in [1.807, 2.05) is 0 Å². The van der Waals surface area contributed by atoms with Gasteiger partial charge in [-0.15, -0.1) is 5.11 Å². The van der Waals surface area contributed by atoms with E-state index < -0.39 is 0 Å². The summed E-state index contributed by atoms with van der Waals surface area (Å²) in [5.41, 5.74) is 0. The summed E-state index contributed by atoms with van der Waals surface area (Å²) in [6.45, 7) is 2.26. The van der Waals surface area contributed by atoms with Crippen molar-refractivity contribution in [2.45, 2.75) is 19.3 Å². The molecule has 0 radical (unpaired) electrons. The third kappa shape index (κ3) is 3.06. The number of aliphatic imine (C=N–C) groups is 1. The largest absolute Gasteiger partial charge is 0.306 e. The van der Waals surface area contributed by atoms with Crippen LogP contribution < -0.4 is 5.84 Å². The molecule has 0 aromatic rings. The Morgan fingerprint density at radius 1 is 1.36 bits per heavy atom. The lowest BCUT2D eigenvalue weighted by atomic mass is 10.00. The van der Waals surface area contributed by atoms with Crippen molar-refractivity contribution >= 4 is 5.84 Å². The molecule has 0 aromatic carbocycles. The van der Waals surface area contributed by atoms with Gasteiger partial charge in [0.15, 0.2) is 5.84 Å². The minimum atomic E-state index is 0.428. The summed E-state index contributed by atoms with van der Waals surface area (Å²) in [5, 5.41) is 7.18. The van der Waals surface area contributed by atoms with Gasteiger partial charge in [-0.2, -0.15) is 0 Å². The highest BCUT2D eigenvalue weighted by molar-refractivity contribution is 5.84. The number of nitrogens with two attached hydrogens (primary N) is 1. The van der Waals surface area contributed by atoms with Crippen LogP contribution in [0.25, 0.3) is 0 Å². The molecule has 5 nitrogen and oxygen atoms in total. The quantitative estimate of drug-likeness (QED) is 0.225. The Morgan fingerprint density at radius 2 is 2.14 bits per heavy atom. The fourth-order valence-electron chi connectivity index (χ4n) is 1.87. The molecule has 2 N–H and O–H groups in total. The highest BCUT2D eigenvalue weighted by atomic mass is 15.3. The lowest BCUT2D eigenvalue weighted by molar-refractivity contribution is 0.347. The molecule has 1 atom stereocenters. The molecule has 0 saturated carbocycles. The normalized spacial score (nSPS) is 26.7. The van der Waals surface area contributed by atoms with Crippen molar-refractivity contribution in [1.82, 2.24) is 4.90 Å². The predicted molar refractivity (Wildman–Crippen MR) is 57.2 cm³/mol. The van der Waals surface area contributed by atoms with Gasteiger partial charge in [0, 0.05) is 13.0 Å². The smallest absolute Gasteiger partial charge is 0.150 e. The van der Waals surface area contributed by atoms with Crippen molar-refractivity contribution in [2.24, 2.45) is 27.1 Å². The molecule has 1 heterocycles. The van der Waals surface area contributed by atoms with Crippen molar-refractivity contribution < 1.29 is 0 Å². The van der Waals surface area contributed by atoms with Crippen molar-refractivity contribution in [1.29, 1.82) is 0 Å². The summed E-state index contributed by atoms with van der Waals surface area (Å²) < 4.78 is 0. The molecule has 80 valence electrons. The number of hydrogen-bond donors (Lipinski definition) is 1. The van der Waals surface area contributed by atoms with Crippen LogP contribution in [-0.4, -0.2) is 37.9 Å². The van der Waals surface area contributed by atoms with E-state index in [1.54, 1.807) is 7.05 Å². The standard InChI is InChI=1S/C9H19N5/c1-11-9(12-13-10)8-4-3-6-14(2)7-5-8/h8H,3-7H2,1-2H3,(H2,10,11,12). The molecule has 1 aliphatic rings. The van der Waals surface area contributed by atoms with Gasteiger partial charge in [0.1, 0.15) is 0 Å². The van der Waals surface area contributed by atoms with Crippen LogP contribution in [0, 0.1) is 5.92 Å². The first-order chi connectivity index (χ1) is 6.77. The first kappa shape index (κ1) is 11.1. The number of nitrogens with zero attached hydrogens (tertiary/aromatic N) is 4. The maximum Gasteiger partial charge on any atom is 0.150 e. The Bertz CT molecular complexity index is 223. The van der Waals surface area contributed by atoms with Gasteiger partial charge in [0.05, 0.1) is 0 Å². The molecule has 1 aliphatic heterocycles. The van der Waals surface area contributed by atoms with Crippen molar-refractivity contribution in [3.05, 3.63) is 0 Å². The van der Waals surface area contributed by atoms with Gasteiger partial charge in [-0.1, -0.05) is 5.22 Å². The Balaban J connectivity index is 2.58. The van der Waals surface area contributed by atoms with E-state index in [1.165, 1.54) is 6.42 Å². The number of likely N-dealkylation sites (tertiary alicyclic amines) is 1. The van der Waals surface area contributed by atoms with Crippen LogP contribution in [0.5, 0.6) is 0 Å². The van der Waals surface area contributed by atoms with Crippen molar-refractivity contribution in [3.63, 3.8) is 0 Å². The minimum absolute atomic E-state index is 0.428. The van der Waals surface area contributed by atoms with Crippen LogP contribution in [0.1, 0.15) is 19.3 Å². The SMILES string of the molecule is CN=C(N=NN)C1CCCN(C)CC1. The number of rotatable bonds is 1. The van der Waals surface area contributed by atoms with Crippen molar-refractivity contribution in [2.75, 3.05) is 27.2 Å². The lowest BCUT2D eigenvalue weighted by Gasteiger charge is -2.13. The van der Waals surface area contributed by atoms with Crippen molar-refractivity contribution in [3.8, 4) is 0 Å². The van der Waals surface area contributed by atoms with Crippen LogP contribution in [0.15, 0.2) is 15.3 Å². The third-order valence-electron chi connectivity index (χ3n) is 2.71. The molecule has 1 unspecified atom stereocenters. The molecule has 14 heavy (non-hydrogen) atoms. The predicted octanol–water partition coefficient (Wildman–Crippen LogP) is 1.07. The average Bonchev–Trinajstić information content (AvgIpc) is 2.40. The molecule has 0 aliphatic carbocycles. The minimum Gasteiger partial charge on any atom is -0.306 e. The van der Waals surface area contributed by atoms with E-state index >= 15 is 0 Å². The summed E-state index contributed by atoms with van der Waals surface area (Å²) in [4.78, 5) is 6.47. The van der Waals surface area contributed by atoms with Gasteiger partial charge < -0.3 is 10.7 Å². The first-order valence-electron chi connectivity index (χ1n) is 5.04. The second-order valence-corrected chi connectivity index (χ2v) is 3.73. The lowest BCUT2D eigenvalue weighted by Crippen LogP contribution is -2.20. The van der Waals surface area contributed by atoms with E-state index in [9.17, 15) is 0 Å². The molecule has 0 bridgehead atoms. The molecular formula is C9H19N5. The highest BCUT2D eigenvalue weighted by Crippen LogP contribution is 2.18. The monoisotopic (exact) mass is 197 g/mol. The zero-order valence-corrected chi connectivity index (χ0v) is 8.98. The van der Waals surface area contributed by atoms with E-state index in [4.69, 9.17) is 5.84 Å². The first-order valence-corrected chi connectivity index (χ1v) is 5.04. The fourth-order valence-corrected chi connectivity index (χ4v) is 1.87. The second kappa shape index (κ2) is 5.70. The van der Waals surface area contributed by atoms with Crippen LogP contribution in [-0.2, 0) is 0 Å². The molecule has 1 rings (SSSR count). The molecule has 0 aromatic heterocycles. The average molecular weight is 197 g/mol.